The highest BCUT2D eigenvalue weighted by Crippen LogP contribution is 2.28. The van der Waals surface area contributed by atoms with E-state index in [1.165, 1.54) is 12.1 Å². The number of hydrogen-bond donors (Lipinski definition) is 5. The molecule has 0 saturated carbocycles. The van der Waals surface area contributed by atoms with E-state index in [0.717, 1.165) is 11.6 Å². The number of benzene rings is 2. The Kier molecular flexibility index (Phi) is 6.00. The number of aliphatic hydroxyl groups excluding tert-OH is 2. The van der Waals surface area contributed by atoms with Gasteiger partial charge in [-0.1, -0.05) is 36.4 Å². The van der Waals surface area contributed by atoms with Crippen molar-refractivity contribution in [1.29, 1.82) is 0 Å². The molecule has 2 rings (SSSR count). The fraction of sp³-hybridized carbons (Fsp3) is 0.235. The second kappa shape index (κ2) is 8.19. The summed E-state index contributed by atoms with van der Waals surface area (Å²) in [5.41, 5.74) is 1.03. The lowest BCUT2D eigenvalue weighted by Crippen LogP contribution is -2.42. The summed E-state index contributed by atoms with van der Waals surface area (Å²) < 4.78 is 5.03. The molecule has 0 unspecified atom stereocenters. The zero-order valence-electron chi connectivity index (χ0n) is 12.8. The van der Waals surface area contributed by atoms with Crippen LogP contribution >= 0.6 is 0 Å². The molecule has 0 bridgehead atoms. The summed E-state index contributed by atoms with van der Waals surface area (Å²) in [5, 5.41) is 40.7. The van der Waals surface area contributed by atoms with E-state index in [4.69, 9.17) is 4.74 Å². The van der Waals surface area contributed by atoms with Crippen molar-refractivity contribution in [3.05, 3.63) is 59.7 Å². The molecule has 24 heavy (non-hydrogen) atoms. The molecule has 7 nitrogen and oxygen atoms in total. The van der Waals surface area contributed by atoms with Crippen LogP contribution in [0.5, 0.6) is 11.5 Å². The molecule has 0 fully saturated rings. The van der Waals surface area contributed by atoms with Crippen LogP contribution in [-0.2, 0) is 11.3 Å². The zero-order chi connectivity index (χ0) is 17.5. The number of aliphatic hydroxyl groups is 2. The van der Waals surface area contributed by atoms with E-state index < -0.39 is 30.6 Å². The predicted octanol–water partition coefficient (Wildman–Crippen LogP) is 1.42. The van der Waals surface area contributed by atoms with Gasteiger partial charge in [-0.05, 0) is 23.3 Å². The van der Waals surface area contributed by atoms with Crippen molar-refractivity contribution < 1.29 is 30.0 Å². The lowest BCUT2D eigenvalue weighted by atomic mass is 10.0. The predicted molar refractivity (Wildman–Crippen MR) is 85.4 cm³/mol. The van der Waals surface area contributed by atoms with Crippen LogP contribution in [0, 0.1) is 0 Å². The molecule has 7 heteroatoms. The Labute approximate surface area is 138 Å². The summed E-state index contributed by atoms with van der Waals surface area (Å²) in [6.07, 6.45) is -2.08. The Morgan fingerprint density at radius 2 is 1.79 bits per heavy atom. The molecule has 5 N–H and O–H groups in total. The van der Waals surface area contributed by atoms with Crippen molar-refractivity contribution in [1.82, 2.24) is 5.32 Å². The van der Waals surface area contributed by atoms with Gasteiger partial charge in [0.2, 0.25) is 0 Å². The maximum absolute atomic E-state index is 11.8. The van der Waals surface area contributed by atoms with E-state index in [1.807, 2.05) is 18.2 Å². The van der Waals surface area contributed by atoms with Gasteiger partial charge in [0.15, 0.2) is 11.5 Å². The number of carbonyl (C=O) groups is 1. The van der Waals surface area contributed by atoms with Crippen LogP contribution in [0.2, 0.25) is 0 Å². The number of ether oxygens (including phenoxy) is 1. The van der Waals surface area contributed by atoms with Crippen LogP contribution in [-0.4, -0.2) is 39.2 Å². The second-order valence-corrected chi connectivity index (χ2v) is 5.19. The van der Waals surface area contributed by atoms with Gasteiger partial charge in [-0.15, -0.1) is 0 Å². The Hall–Kier alpha value is -2.77. The standard InChI is InChI=1S/C17H19NO6/c19-9-13(16(22)12-6-7-14(20)15(21)8-12)18-17(23)24-10-11-4-2-1-3-5-11/h1-8,13,16,19-22H,9-10H2,(H,18,23)/t13-,16-/m1/s1. The smallest absolute Gasteiger partial charge is 0.407 e. The molecule has 0 aliphatic heterocycles. The lowest BCUT2D eigenvalue weighted by molar-refractivity contribution is 0.0762. The molecule has 2 aromatic rings. The molecular weight excluding hydrogens is 314 g/mol. The van der Waals surface area contributed by atoms with Crippen LogP contribution in [0.3, 0.4) is 0 Å². The number of phenols is 2. The quantitative estimate of drug-likeness (QED) is 0.510. The normalized spacial score (nSPS) is 13.1. The molecule has 128 valence electrons. The summed E-state index contributed by atoms with van der Waals surface area (Å²) >= 11 is 0. The van der Waals surface area contributed by atoms with Gasteiger partial charge in [0.25, 0.3) is 0 Å². The van der Waals surface area contributed by atoms with E-state index >= 15 is 0 Å². The van der Waals surface area contributed by atoms with Crippen LogP contribution < -0.4 is 5.32 Å². The van der Waals surface area contributed by atoms with Gasteiger partial charge in [0.05, 0.1) is 12.6 Å². The zero-order valence-corrected chi connectivity index (χ0v) is 12.8. The second-order valence-electron chi connectivity index (χ2n) is 5.19. The van der Waals surface area contributed by atoms with Crippen LogP contribution in [0.25, 0.3) is 0 Å². The van der Waals surface area contributed by atoms with Crippen molar-refractivity contribution in [2.24, 2.45) is 0 Å². The Balaban J connectivity index is 1.94. The van der Waals surface area contributed by atoms with Crippen LogP contribution in [0.15, 0.2) is 48.5 Å². The van der Waals surface area contributed by atoms with Gasteiger partial charge in [-0.25, -0.2) is 4.79 Å². The first-order valence-electron chi connectivity index (χ1n) is 7.29. The highest BCUT2D eigenvalue weighted by Gasteiger charge is 2.23. The monoisotopic (exact) mass is 333 g/mol. The first-order chi connectivity index (χ1) is 11.5. The maximum Gasteiger partial charge on any atom is 0.407 e. The molecule has 0 saturated heterocycles. The third-order valence-corrected chi connectivity index (χ3v) is 3.43. The van der Waals surface area contributed by atoms with Gasteiger partial charge in [-0.3, -0.25) is 0 Å². The third-order valence-electron chi connectivity index (χ3n) is 3.43. The lowest BCUT2D eigenvalue weighted by Gasteiger charge is -2.22. The number of rotatable bonds is 6. The SMILES string of the molecule is O=C(N[C@H](CO)[C@H](O)c1ccc(O)c(O)c1)OCc1ccccc1. The largest absolute Gasteiger partial charge is 0.504 e. The van der Waals surface area contributed by atoms with E-state index in [0.29, 0.717) is 0 Å². The van der Waals surface area contributed by atoms with E-state index in [2.05, 4.69) is 5.32 Å². The van der Waals surface area contributed by atoms with Crippen molar-refractivity contribution in [3.8, 4) is 11.5 Å². The minimum atomic E-state index is -1.29. The third kappa shape index (κ3) is 4.61. The summed E-state index contributed by atoms with van der Waals surface area (Å²) in [4.78, 5) is 11.8. The Morgan fingerprint density at radius 1 is 1.08 bits per heavy atom. The fourth-order valence-electron chi connectivity index (χ4n) is 2.10. The molecule has 0 aliphatic carbocycles. The molecular formula is C17H19NO6. The summed E-state index contributed by atoms with van der Waals surface area (Å²) in [6, 6.07) is 11.8. The first kappa shape index (κ1) is 17.6. The number of hydrogen-bond acceptors (Lipinski definition) is 6. The summed E-state index contributed by atoms with van der Waals surface area (Å²) in [7, 11) is 0. The maximum atomic E-state index is 11.8. The minimum Gasteiger partial charge on any atom is -0.504 e. The van der Waals surface area contributed by atoms with Crippen LogP contribution in [0.1, 0.15) is 17.2 Å². The summed E-state index contributed by atoms with van der Waals surface area (Å²) in [6.45, 7) is -0.482. The van der Waals surface area contributed by atoms with Crippen molar-refractivity contribution in [3.63, 3.8) is 0 Å². The Bertz CT molecular complexity index is 676. The first-order valence-corrected chi connectivity index (χ1v) is 7.29. The van der Waals surface area contributed by atoms with Crippen LogP contribution in [0.4, 0.5) is 4.79 Å². The van der Waals surface area contributed by atoms with Gasteiger partial charge < -0.3 is 30.5 Å². The van der Waals surface area contributed by atoms with E-state index in [9.17, 15) is 25.2 Å². The molecule has 0 spiro atoms. The minimum absolute atomic E-state index is 0.0565. The van der Waals surface area contributed by atoms with Gasteiger partial charge >= 0.3 is 6.09 Å². The topological polar surface area (TPSA) is 119 Å². The van der Waals surface area contributed by atoms with Crippen molar-refractivity contribution >= 4 is 6.09 Å². The molecule has 0 heterocycles. The Morgan fingerprint density at radius 3 is 2.42 bits per heavy atom. The molecule has 1 amide bonds. The number of nitrogens with one attached hydrogen (secondary N) is 1. The highest BCUT2D eigenvalue weighted by molar-refractivity contribution is 5.67. The highest BCUT2D eigenvalue weighted by atomic mass is 16.5. The number of alkyl carbamates (subject to hydrolysis) is 1. The van der Waals surface area contributed by atoms with Gasteiger partial charge in [0, 0.05) is 0 Å². The average Bonchev–Trinajstić information content (AvgIpc) is 2.60. The van der Waals surface area contributed by atoms with E-state index in [1.54, 1.807) is 12.1 Å². The molecule has 0 radical (unpaired) electrons. The fourth-order valence-corrected chi connectivity index (χ4v) is 2.10. The van der Waals surface area contributed by atoms with Gasteiger partial charge in [-0.2, -0.15) is 0 Å². The number of aromatic hydroxyl groups is 2. The number of carbonyl (C=O) groups excluding carboxylic acids is 1. The van der Waals surface area contributed by atoms with Crippen molar-refractivity contribution in [2.45, 2.75) is 18.8 Å². The molecule has 0 aromatic heterocycles. The summed E-state index contributed by atoms with van der Waals surface area (Å²) in [5.74, 6) is -0.739. The van der Waals surface area contributed by atoms with E-state index in [-0.39, 0.29) is 17.9 Å². The molecule has 2 atom stereocenters. The number of phenolic OH excluding ortho intramolecular Hbond substituents is 2. The number of amides is 1. The van der Waals surface area contributed by atoms with Gasteiger partial charge in [0.1, 0.15) is 12.7 Å². The average molecular weight is 333 g/mol. The molecule has 0 aliphatic rings. The van der Waals surface area contributed by atoms with Crippen molar-refractivity contribution in [2.75, 3.05) is 6.61 Å². The molecule has 2 aromatic carbocycles.